The lowest BCUT2D eigenvalue weighted by Gasteiger charge is -2.18. The van der Waals surface area contributed by atoms with Crippen molar-refractivity contribution in [3.05, 3.63) is 48.6 Å². The van der Waals surface area contributed by atoms with Gasteiger partial charge in [-0.05, 0) is 64.2 Å². The largest absolute Gasteiger partial charge is 0.462 e. The zero-order chi connectivity index (χ0) is 37.3. The lowest BCUT2D eigenvalue weighted by Crippen LogP contribution is -2.30. The van der Waals surface area contributed by atoms with Gasteiger partial charge in [0.15, 0.2) is 6.10 Å². The number of esters is 3. The van der Waals surface area contributed by atoms with Gasteiger partial charge in [-0.15, -0.1) is 0 Å². The predicted octanol–water partition coefficient (Wildman–Crippen LogP) is 13.2. The van der Waals surface area contributed by atoms with Crippen LogP contribution >= 0.6 is 0 Å². The lowest BCUT2D eigenvalue weighted by atomic mass is 10.0. The van der Waals surface area contributed by atoms with Crippen molar-refractivity contribution in [2.24, 2.45) is 0 Å². The van der Waals surface area contributed by atoms with Gasteiger partial charge >= 0.3 is 17.9 Å². The van der Waals surface area contributed by atoms with Gasteiger partial charge in [0.05, 0.1) is 0 Å². The normalized spacial score (nSPS) is 12.5. The van der Waals surface area contributed by atoms with Crippen LogP contribution in [0.25, 0.3) is 0 Å². The molecule has 51 heavy (non-hydrogen) atoms. The third kappa shape index (κ3) is 38.4. The van der Waals surface area contributed by atoms with Crippen LogP contribution in [0.15, 0.2) is 48.6 Å². The topological polar surface area (TPSA) is 78.9 Å². The molecule has 0 bridgehead atoms. The molecule has 0 rings (SSSR count). The number of rotatable bonds is 37. The molecule has 0 saturated heterocycles. The van der Waals surface area contributed by atoms with E-state index in [1.165, 1.54) is 77.0 Å². The second kappa shape index (κ2) is 40.1. The smallest absolute Gasteiger partial charge is 0.306 e. The zero-order valence-electron chi connectivity index (χ0n) is 33.4. The summed E-state index contributed by atoms with van der Waals surface area (Å²) in [7, 11) is 0. The van der Waals surface area contributed by atoms with E-state index in [1.54, 1.807) is 0 Å². The molecule has 0 saturated carbocycles. The molecule has 0 aliphatic carbocycles. The average molecular weight is 715 g/mol. The van der Waals surface area contributed by atoms with E-state index in [-0.39, 0.29) is 31.1 Å². The molecule has 0 heterocycles. The third-order valence-corrected chi connectivity index (χ3v) is 8.85. The van der Waals surface area contributed by atoms with Gasteiger partial charge in [-0.1, -0.05) is 166 Å². The van der Waals surface area contributed by atoms with Crippen LogP contribution in [0, 0.1) is 0 Å². The Kier molecular flexibility index (Phi) is 38.1. The Balaban J connectivity index is 4.42. The molecule has 0 aromatic heterocycles. The van der Waals surface area contributed by atoms with Crippen LogP contribution < -0.4 is 0 Å². The Hall–Kier alpha value is -2.63. The summed E-state index contributed by atoms with van der Waals surface area (Å²) in [5, 5.41) is 0. The van der Waals surface area contributed by atoms with Crippen molar-refractivity contribution in [1.82, 2.24) is 0 Å². The third-order valence-electron chi connectivity index (χ3n) is 8.85. The van der Waals surface area contributed by atoms with Crippen LogP contribution in [0.3, 0.4) is 0 Å². The molecule has 0 aliphatic heterocycles. The van der Waals surface area contributed by atoms with E-state index in [9.17, 15) is 14.4 Å². The van der Waals surface area contributed by atoms with Gasteiger partial charge in [-0.25, -0.2) is 0 Å². The number of ether oxygens (including phenoxy) is 3. The minimum absolute atomic E-state index is 0.0931. The highest BCUT2D eigenvalue weighted by atomic mass is 16.6. The summed E-state index contributed by atoms with van der Waals surface area (Å²) in [6.45, 7) is 6.38. The molecule has 0 aliphatic rings. The molecule has 1 unspecified atom stereocenters. The summed E-state index contributed by atoms with van der Waals surface area (Å²) in [6.07, 6.45) is 45.3. The Morgan fingerprint density at radius 3 is 1.39 bits per heavy atom. The highest BCUT2D eigenvalue weighted by Gasteiger charge is 2.19. The molecule has 0 radical (unpaired) electrons. The minimum Gasteiger partial charge on any atom is -0.462 e. The first-order valence-corrected chi connectivity index (χ1v) is 21.2. The predicted molar refractivity (Wildman–Crippen MR) is 215 cm³/mol. The van der Waals surface area contributed by atoms with Crippen molar-refractivity contribution < 1.29 is 28.6 Å². The van der Waals surface area contributed by atoms with E-state index in [0.717, 1.165) is 83.5 Å². The molecule has 294 valence electrons. The summed E-state index contributed by atoms with van der Waals surface area (Å²) in [5.74, 6) is -0.965. The number of allylic oxidation sites excluding steroid dienone is 8. The van der Waals surface area contributed by atoms with E-state index >= 15 is 0 Å². The van der Waals surface area contributed by atoms with Gasteiger partial charge in [-0.2, -0.15) is 0 Å². The number of unbranched alkanes of at least 4 members (excludes halogenated alkanes) is 19. The maximum atomic E-state index is 12.6. The van der Waals surface area contributed by atoms with Gasteiger partial charge in [0.1, 0.15) is 13.2 Å². The Morgan fingerprint density at radius 2 is 0.843 bits per heavy atom. The SMILES string of the molecule is CC/C=C\C/C=C\CCCCC(=O)OCC(COC(=O)CCCCCCCCCCCCCCC)OC(=O)CCCCC/C=C\C=C/CCCC. The lowest BCUT2D eigenvalue weighted by molar-refractivity contribution is -0.167. The van der Waals surface area contributed by atoms with E-state index in [2.05, 4.69) is 69.4 Å². The highest BCUT2D eigenvalue weighted by molar-refractivity contribution is 5.71. The molecular formula is C45H78O6. The molecule has 6 nitrogen and oxygen atoms in total. The first-order valence-electron chi connectivity index (χ1n) is 21.2. The number of carbonyl (C=O) groups is 3. The van der Waals surface area contributed by atoms with Gasteiger partial charge in [0.25, 0.3) is 0 Å². The van der Waals surface area contributed by atoms with E-state index < -0.39 is 6.10 Å². The first-order chi connectivity index (χ1) is 25.0. The first kappa shape index (κ1) is 48.4. The summed E-state index contributed by atoms with van der Waals surface area (Å²) < 4.78 is 16.6. The van der Waals surface area contributed by atoms with Crippen LogP contribution in [0.5, 0.6) is 0 Å². The monoisotopic (exact) mass is 715 g/mol. The van der Waals surface area contributed by atoms with Crippen molar-refractivity contribution >= 4 is 17.9 Å². The van der Waals surface area contributed by atoms with Crippen molar-refractivity contribution in [2.45, 2.75) is 207 Å². The maximum absolute atomic E-state index is 12.6. The quantitative estimate of drug-likeness (QED) is 0.0209. The molecule has 0 aromatic carbocycles. The highest BCUT2D eigenvalue weighted by Crippen LogP contribution is 2.14. The fourth-order valence-corrected chi connectivity index (χ4v) is 5.63. The molecule has 1 atom stereocenters. The summed E-state index contributed by atoms with van der Waals surface area (Å²) in [5.41, 5.74) is 0. The molecule has 0 fully saturated rings. The van der Waals surface area contributed by atoms with Crippen molar-refractivity contribution in [3.63, 3.8) is 0 Å². The van der Waals surface area contributed by atoms with Gasteiger partial charge in [-0.3, -0.25) is 14.4 Å². The molecule has 6 heteroatoms. The van der Waals surface area contributed by atoms with Crippen molar-refractivity contribution in [3.8, 4) is 0 Å². The standard InChI is InChI=1S/C45H78O6/c1-4-7-10-13-16-19-21-22-24-26-29-32-35-38-44(47)50-41-42(40-49-43(46)37-34-31-28-25-18-15-12-9-6-3)51-45(48)39-36-33-30-27-23-20-17-14-11-8-5-2/h9,12,14,17-18,20,23,25,42H,4-8,10-11,13,15-16,19,21-22,24,26-41H2,1-3H3/b12-9-,17-14-,23-20-,25-18-. The summed E-state index contributed by atoms with van der Waals surface area (Å²) >= 11 is 0. The number of hydrogen-bond acceptors (Lipinski definition) is 6. The number of carbonyl (C=O) groups excluding carboxylic acids is 3. The van der Waals surface area contributed by atoms with E-state index in [4.69, 9.17) is 14.2 Å². The molecule has 0 N–H and O–H groups in total. The zero-order valence-corrected chi connectivity index (χ0v) is 33.4. The fourth-order valence-electron chi connectivity index (χ4n) is 5.63. The molecule has 0 amide bonds. The van der Waals surface area contributed by atoms with Crippen LogP contribution in [0.1, 0.15) is 201 Å². The van der Waals surface area contributed by atoms with E-state index in [0.29, 0.717) is 19.3 Å². The fraction of sp³-hybridized carbons (Fsp3) is 0.756. The van der Waals surface area contributed by atoms with Crippen LogP contribution in [0.2, 0.25) is 0 Å². The Morgan fingerprint density at radius 1 is 0.431 bits per heavy atom. The van der Waals surface area contributed by atoms with Crippen LogP contribution in [0.4, 0.5) is 0 Å². The van der Waals surface area contributed by atoms with Crippen molar-refractivity contribution in [2.75, 3.05) is 13.2 Å². The molecular weight excluding hydrogens is 636 g/mol. The molecule has 0 spiro atoms. The minimum atomic E-state index is -0.793. The van der Waals surface area contributed by atoms with E-state index in [1.807, 2.05) is 0 Å². The second-order valence-corrected chi connectivity index (χ2v) is 13.9. The van der Waals surface area contributed by atoms with Gasteiger partial charge < -0.3 is 14.2 Å². The van der Waals surface area contributed by atoms with Gasteiger partial charge in [0, 0.05) is 19.3 Å². The second-order valence-electron chi connectivity index (χ2n) is 13.9. The average Bonchev–Trinajstić information content (AvgIpc) is 3.12. The number of hydrogen-bond donors (Lipinski definition) is 0. The van der Waals surface area contributed by atoms with Crippen LogP contribution in [-0.4, -0.2) is 37.2 Å². The summed E-state index contributed by atoms with van der Waals surface area (Å²) in [6, 6.07) is 0. The summed E-state index contributed by atoms with van der Waals surface area (Å²) in [4.78, 5) is 37.5. The van der Waals surface area contributed by atoms with Gasteiger partial charge in [0.2, 0.25) is 0 Å². The Labute approximate surface area is 314 Å². The van der Waals surface area contributed by atoms with Crippen molar-refractivity contribution in [1.29, 1.82) is 0 Å². The Bertz CT molecular complexity index is 918. The molecule has 0 aromatic rings. The van der Waals surface area contributed by atoms with Crippen LogP contribution in [-0.2, 0) is 28.6 Å². The maximum Gasteiger partial charge on any atom is 0.306 e.